The zero-order valence-corrected chi connectivity index (χ0v) is 32.7. The standard InChI is InChI=1S/C34H45BN6O13P2/c1-22(2)16-29(39-31(43)27(17-23-8-5-4-6-9-23)38-32(44)28-19-36-13-14-37-28)35-53-20-24-11-12-26(18-25(24)21-54-35)41(3)34(45)52-15-7-10-30(42)40-33(55(46,47)48)56(49,50)51/h4-6,8-9,11-14,18-19,22,27,29,33H,7,10,15-17,20-21H2,1-3H3,(H,38,44)(H,39,43)(H,40,42)(H2,46,47,48)(H2,49,50,51)/t27-,29-/m1/s1. The van der Waals surface area contributed by atoms with Gasteiger partial charge in [-0.3, -0.25) is 33.4 Å². The summed E-state index contributed by atoms with van der Waals surface area (Å²) in [5.74, 6) is -2.54. The molecule has 0 saturated heterocycles. The van der Waals surface area contributed by atoms with E-state index in [1.807, 2.05) is 44.2 Å². The van der Waals surface area contributed by atoms with Crippen LogP contribution in [0.1, 0.15) is 60.3 Å². The lowest BCUT2D eigenvalue weighted by Gasteiger charge is -2.27. The summed E-state index contributed by atoms with van der Waals surface area (Å²) in [6.07, 6.45) is 3.50. The van der Waals surface area contributed by atoms with Gasteiger partial charge in [0.25, 0.3) is 5.91 Å². The maximum absolute atomic E-state index is 13.9. The number of ether oxygens (including phenoxy) is 1. The van der Waals surface area contributed by atoms with Crippen molar-refractivity contribution in [3.05, 3.63) is 89.5 Å². The normalized spacial score (nSPS) is 14.3. The molecular weight excluding hydrogens is 773 g/mol. The van der Waals surface area contributed by atoms with Gasteiger partial charge in [0.05, 0.1) is 32.0 Å². The Kier molecular flexibility index (Phi) is 15.8. The van der Waals surface area contributed by atoms with E-state index in [2.05, 4.69) is 20.6 Å². The number of nitrogens with zero attached hydrogens (tertiary/aromatic N) is 3. The molecule has 22 heteroatoms. The van der Waals surface area contributed by atoms with Gasteiger partial charge in [-0.1, -0.05) is 50.2 Å². The third kappa shape index (κ3) is 13.3. The second kappa shape index (κ2) is 20.1. The van der Waals surface area contributed by atoms with Crippen molar-refractivity contribution >= 4 is 51.8 Å². The number of carbonyl (C=O) groups excluding carboxylic acids is 4. The Bertz CT molecular complexity index is 1900. The lowest BCUT2D eigenvalue weighted by Crippen LogP contribution is -2.56. The van der Waals surface area contributed by atoms with Gasteiger partial charge < -0.3 is 49.6 Å². The highest BCUT2D eigenvalue weighted by Gasteiger charge is 2.44. The Balaban J connectivity index is 1.36. The quantitative estimate of drug-likeness (QED) is 0.0585. The maximum atomic E-state index is 13.9. The number of rotatable bonds is 17. The molecule has 0 unspecified atom stereocenters. The van der Waals surface area contributed by atoms with E-state index in [-0.39, 0.29) is 44.3 Å². The molecule has 0 spiro atoms. The summed E-state index contributed by atoms with van der Waals surface area (Å²) in [5, 5.41) is 7.47. The number of fused-ring (bicyclic) bond motifs is 1. The molecule has 1 aromatic heterocycles. The summed E-state index contributed by atoms with van der Waals surface area (Å²) in [6, 6.07) is 13.4. The molecule has 0 saturated carbocycles. The van der Waals surface area contributed by atoms with Gasteiger partial charge in [0.15, 0.2) is 0 Å². The summed E-state index contributed by atoms with van der Waals surface area (Å²) in [7, 11) is -10.1. The fourth-order valence-electron chi connectivity index (χ4n) is 5.63. The molecule has 4 rings (SSSR count). The molecule has 2 heterocycles. The van der Waals surface area contributed by atoms with Crippen LogP contribution in [0.25, 0.3) is 0 Å². The molecule has 0 radical (unpaired) electrons. The summed E-state index contributed by atoms with van der Waals surface area (Å²) in [4.78, 5) is 97.6. The zero-order chi connectivity index (χ0) is 41.0. The molecular formula is C34H45BN6O13P2. The second-order valence-corrected chi connectivity index (χ2v) is 17.2. The van der Waals surface area contributed by atoms with Gasteiger partial charge in [-0.15, -0.1) is 0 Å². The second-order valence-electron chi connectivity index (χ2n) is 13.4. The molecule has 56 heavy (non-hydrogen) atoms. The number of benzene rings is 2. The van der Waals surface area contributed by atoms with Gasteiger partial charge in [-0.25, -0.2) is 9.78 Å². The van der Waals surface area contributed by atoms with Gasteiger partial charge in [0.1, 0.15) is 11.7 Å². The van der Waals surface area contributed by atoms with Crippen LogP contribution in [0.15, 0.2) is 67.1 Å². The SMILES string of the molecule is CC(C)C[C@@H](NC(=O)[C@@H](Cc1ccccc1)NC(=O)c1cnccn1)B1OCc2ccc(N(C)C(=O)OCCCC(=O)NC(P(=O)(O)O)P(=O)(O)O)cc2CO1. The summed E-state index contributed by atoms with van der Waals surface area (Å²) >= 11 is 0. The van der Waals surface area contributed by atoms with E-state index in [1.165, 1.54) is 30.5 Å². The number of anilines is 1. The predicted molar refractivity (Wildman–Crippen MR) is 202 cm³/mol. The van der Waals surface area contributed by atoms with E-state index in [9.17, 15) is 28.3 Å². The van der Waals surface area contributed by atoms with Crippen molar-refractivity contribution in [2.24, 2.45) is 5.92 Å². The number of nitrogens with one attached hydrogen (secondary N) is 3. The van der Waals surface area contributed by atoms with Crippen LogP contribution in [0.2, 0.25) is 0 Å². The van der Waals surface area contributed by atoms with E-state index in [0.717, 1.165) is 11.1 Å². The Labute approximate surface area is 323 Å². The summed E-state index contributed by atoms with van der Waals surface area (Å²) in [5.41, 5.74) is 0.138. The number of amides is 4. The van der Waals surface area contributed by atoms with Crippen molar-refractivity contribution < 1.29 is 61.9 Å². The smallest absolute Gasteiger partial charge is 0.449 e. The summed E-state index contributed by atoms with van der Waals surface area (Å²) < 4.78 is 40.3. The van der Waals surface area contributed by atoms with Crippen LogP contribution in [0, 0.1) is 5.92 Å². The molecule has 2 atom stereocenters. The van der Waals surface area contributed by atoms with Crippen molar-refractivity contribution in [3.8, 4) is 0 Å². The third-order valence-electron chi connectivity index (χ3n) is 8.44. The molecule has 2 aromatic carbocycles. The minimum absolute atomic E-state index is 0.0621. The van der Waals surface area contributed by atoms with Crippen molar-refractivity contribution in [1.29, 1.82) is 0 Å². The van der Waals surface area contributed by atoms with Crippen molar-refractivity contribution in [2.45, 2.75) is 70.3 Å². The average molecular weight is 819 g/mol. The lowest BCUT2D eigenvalue weighted by atomic mass is 9.73. The first kappa shape index (κ1) is 44.2. The number of hydrogen-bond acceptors (Lipinski definition) is 11. The van der Waals surface area contributed by atoms with Gasteiger partial charge in [-0.2, -0.15) is 0 Å². The fourth-order valence-corrected chi connectivity index (χ4v) is 7.82. The Morgan fingerprint density at radius 3 is 2.23 bits per heavy atom. The highest BCUT2D eigenvalue weighted by Crippen LogP contribution is 2.58. The molecule has 0 aliphatic carbocycles. The molecule has 3 aromatic rings. The molecule has 19 nitrogen and oxygen atoms in total. The van der Waals surface area contributed by atoms with Gasteiger partial charge in [0.2, 0.25) is 17.3 Å². The van der Waals surface area contributed by atoms with Gasteiger partial charge >= 0.3 is 28.4 Å². The average Bonchev–Trinajstić information content (AvgIpc) is 3.36. The monoisotopic (exact) mass is 818 g/mol. The lowest BCUT2D eigenvalue weighted by molar-refractivity contribution is -0.123. The van der Waals surface area contributed by atoms with E-state index in [1.54, 1.807) is 23.5 Å². The third-order valence-corrected chi connectivity index (χ3v) is 11.8. The fraction of sp³-hybridized carbons (Fsp3) is 0.412. The van der Waals surface area contributed by atoms with Gasteiger partial charge in [-0.05, 0) is 47.6 Å². The van der Waals surface area contributed by atoms with Crippen LogP contribution in [0.4, 0.5) is 10.5 Å². The molecule has 7 N–H and O–H groups in total. The van der Waals surface area contributed by atoms with E-state index in [4.69, 9.17) is 33.6 Å². The molecule has 0 fully saturated rings. The van der Waals surface area contributed by atoms with E-state index >= 15 is 0 Å². The van der Waals surface area contributed by atoms with Crippen LogP contribution in [-0.4, -0.2) is 91.6 Å². The number of carbonyl (C=O) groups is 4. The van der Waals surface area contributed by atoms with Crippen molar-refractivity contribution in [2.75, 3.05) is 18.6 Å². The zero-order valence-electron chi connectivity index (χ0n) is 30.9. The van der Waals surface area contributed by atoms with Crippen LogP contribution in [-0.2, 0) is 52.4 Å². The molecule has 4 amide bonds. The molecule has 302 valence electrons. The minimum atomic E-state index is -5.35. The first-order chi connectivity index (χ1) is 26.4. The summed E-state index contributed by atoms with van der Waals surface area (Å²) in [6.45, 7) is 3.90. The van der Waals surface area contributed by atoms with Crippen LogP contribution < -0.4 is 20.9 Å². The van der Waals surface area contributed by atoms with Gasteiger partial charge in [0, 0.05) is 38.0 Å². The number of hydrogen-bond donors (Lipinski definition) is 7. The van der Waals surface area contributed by atoms with Crippen LogP contribution in [0.3, 0.4) is 0 Å². The Hall–Kier alpha value is -4.52. The van der Waals surface area contributed by atoms with Crippen LogP contribution in [0.5, 0.6) is 0 Å². The van der Waals surface area contributed by atoms with Crippen molar-refractivity contribution in [3.63, 3.8) is 0 Å². The van der Waals surface area contributed by atoms with Crippen molar-refractivity contribution in [1.82, 2.24) is 25.9 Å². The minimum Gasteiger partial charge on any atom is -0.449 e. The van der Waals surface area contributed by atoms with E-state index in [0.29, 0.717) is 17.7 Å². The molecule has 1 aliphatic rings. The first-order valence-corrected chi connectivity index (χ1v) is 20.8. The highest BCUT2D eigenvalue weighted by molar-refractivity contribution is 7.70. The molecule has 0 bridgehead atoms. The first-order valence-electron chi connectivity index (χ1n) is 17.5. The predicted octanol–water partition coefficient (Wildman–Crippen LogP) is 2.23. The largest absolute Gasteiger partial charge is 0.481 e. The Morgan fingerprint density at radius 2 is 1.61 bits per heavy atom. The molecule has 1 aliphatic heterocycles. The number of aromatic nitrogens is 2. The van der Waals surface area contributed by atoms with Crippen LogP contribution >= 0.6 is 15.2 Å². The topological polar surface area (TPSA) is 276 Å². The maximum Gasteiger partial charge on any atom is 0.481 e. The Morgan fingerprint density at radius 1 is 0.929 bits per heavy atom. The van der Waals surface area contributed by atoms with E-state index < -0.39 is 70.1 Å². The highest BCUT2D eigenvalue weighted by atomic mass is 31.2.